The quantitative estimate of drug-likeness (QED) is 0.539. The molecule has 4 rings (SSSR count). The summed E-state index contributed by atoms with van der Waals surface area (Å²) in [6, 6.07) is 16.9. The van der Waals surface area contributed by atoms with Gasteiger partial charge in [-0.15, -0.1) is 0 Å². The van der Waals surface area contributed by atoms with Crippen molar-refractivity contribution in [3.63, 3.8) is 0 Å². The summed E-state index contributed by atoms with van der Waals surface area (Å²) in [6.07, 6.45) is 0. The summed E-state index contributed by atoms with van der Waals surface area (Å²) in [5, 5.41) is 3.51. The molecular weight excluding hydrogens is 435 g/mol. The highest BCUT2D eigenvalue weighted by molar-refractivity contribution is 6.46. The van der Waals surface area contributed by atoms with Gasteiger partial charge in [0.2, 0.25) is 0 Å². The summed E-state index contributed by atoms with van der Waals surface area (Å²) in [5.74, 6) is -0.811. The number of nitrogens with one attached hydrogen (secondary N) is 1. The second-order valence-electron chi connectivity index (χ2n) is 6.87. The number of methoxy groups -OCH3 is 2. The molecule has 0 fully saturated rings. The van der Waals surface area contributed by atoms with Crippen LogP contribution in [0.15, 0.2) is 72.4 Å². The van der Waals surface area contributed by atoms with Gasteiger partial charge in [0.05, 0.1) is 31.2 Å². The lowest BCUT2D eigenvalue weighted by molar-refractivity contribution is -0.120. The molecule has 0 aliphatic carbocycles. The van der Waals surface area contributed by atoms with Gasteiger partial charge in [-0.05, 0) is 48.0 Å². The third-order valence-corrected chi connectivity index (χ3v) is 5.20. The molecule has 0 atom stereocenters. The molecule has 0 aromatic heterocycles. The molecule has 8 heteroatoms. The Kier molecular flexibility index (Phi) is 5.83. The van der Waals surface area contributed by atoms with Crippen LogP contribution in [0.25, 0.3) is 5.57 Å². The Morgan fingerprint density at radius 2 is 1.66 bits per heavy atom. The van der Waals surface area contributed by atoms with Crippen LogP contribution in [-0.2, 0) is 9.59 Å². The normalized spacial score (nSPS) is 13.6. The zero-order valence-electron chi connectivity index (χ0n) is 17.2. The monoisotopic (exact) mass is 452 g/mol. The van der Waals surface area contributed by atoms with Crippen LogP contribution in [0, 0.1) is 5.82 Å². The van der Waals surface area contributed by atoms with Crippen LogP contribution in [-0.4, -0.2) is 26.0 Å². The summed E-state index contributed by atoms with van der Waals surface area (Å²) in [6.45, 7) is 0. The van der Waals surface area contributed by atoms with Crippen molar-refractivity contribution in [2.24, 2.45) is 0 Å². The standard InChI is InChI=1S/C24H18ClFN2O4/c1-31-18-10-11-20(32-2)19(13-18)27-22-21(14-6-8-15(25)9-7-14)23(29)28(24(22)30)17-5-3-4-16(26)12-17/h3-13,27H,1-2H3. The summed E-state index contributed by atoms with van der Waals surface area (Å²) in [4.78, 5) is 27.7. The fraction of sp³-hybridized carbons (Fsp3) is 0.0833. The van der Waals surface area contributed by atoms with Gasteiger partial charge in [0.15, 0.2) is 0 Å². The third-order valence-electron chi connectivity index (χ3n) is 4.95. The number of anilines is 2. The molecule has 0 bridgehead atoms. The van der Waals surface area contributed by atoms with E-state index < -0.39 is 17.6 Å². The van der Waals surface area contributed by atoms with Crippen LogP contribution in [0.4, 0.5) is 15.8 Å². The van der Waals surface area contributed by atoms with Gasteiger partial charge in [-0.25, -0.2) is 9.29 Å². The topological polar surface area (TPSA) is 67.9 Å². The number of halogens is 2. The van der Waals surface area contributed by atoms with Crippen molar-refractivity contribution >= 4 is 40.4 Å². The number of ether oxygens (including phenoxy) is 2. The molecule has 32 heavy (non-hydrogen) atoms. The van der Waals surface area contributed by atoms with E-state index in [1.807, 2.05) is 0 Å². The first-order valence-corrected chi connectivity index (χ1v) is 9.94. The minimum absolute atomic E-state index is 0.0214. The maximum Gasteiger partial charge on any atom is 0.282 e. The Labute approximate surface area is 188 Å². The van der Waals surface area contributed by atoms with Gasteiger partial charge < -0.3 is 14.8 Å². The van der Waals surface area contributed by atoms with E-state index in [1.54, 1.807) is 42.5 Å². The number of imide groups is 1. The molecule has 162 valence electrons. The number of benzene rings is 3. The summed E-state index contributed by atoms with van der Waals surface area (Å²) < 4.78 is 24.5. The first kappa shape index (κ1) is 21.4. The van der Waals surface area contributed by atoms with E-state index in [4.69, 9.17) is 21.1 Å². The van der Waals surface area contributed by atoms with E-state index in [-0.39, 0.29) is 17.0 Å². The highest BCUT2D eigenvalue weighted by Crippen LogP contribution is 2.37. The van der Waals surface area contributed by atoms with Gasteiger partial charge >= 0.3 is 0 Å². The summed E-state index contributed by atoms with van der Waals surface area (Å²) >= 11 is 6.00. The predicted octanol–water partition coefficient (Wildman–Crippen LogP) is 4.89. The van der Waals surface area contributed by atoms with Crippen molar-refractivity contribution in [3.8, 4) is 11.5 Å². The first-order chi connectivity index (χ1) is 15.4. The highest BCUT2D eigenvalue weighted by Gasteiger charge is 2.40. The molecule has 0 spiro atoms. The maximum absolute atomic E-state index is 13.8. The molecular formula is C24H18ClFN2O4. The minimum atomic E-state index is -0.629. The molecule has 1 aliphatic heterocycles. The Morgan fingerprint density at radius 1 is 0.906 bits per heavy atom. The van der Waals surface area contributed by atoms with Crippen LogP contribution in [0.2, 0.25) is 5.02 Å². The lowest BCUT2D eigenvalue weighted by Crippen LogP contribution is -2.32. The van der Waals surface area contributed by atoms with E-state index in [0.29, 0.717) is 27.8 Å². The van der Waals surface area contributed by atoms with Crippen molar-refractivity contribution in [3.05, 3.63) is 88.8 Å². The second kappa shape index (κ2) is 8.72. The van der Waals surface area contributed by atoms with Crippen LogP contribution in [0.5, 0.6) is 11.5 Å². The number of nitrogens with zero attached hydrogens (tertiary/aromatic N) is 1. The average molecular weight is 453 g/mol. The molecule has 6 nitrogen and oxygen atoms in total. The number of hydrogen-bond acceptors (Lipinski definition) is 5. The number of hydrogen-bond donors (Lipinski definition) is 1. The van der Waals surface area contributed by atoms with Crippen LogP contribution < -0.4 is 19.7 Å². The van der Waals surface area contributed by atoms with Gasteiger partial charge in [-0.3, -0.25) is 9.59 Å². The van der Waals surface area contributed by atoms with Crippen molar-refractivity contribution in [2.45, 2.75) is 0 Å². The van der Waals surface area contributed by atoms with Crippen molar-refractivity contribution < 1.29 is 23.5 Å². The van der Waals surface area contributed by atoms with Crippen molar-refractivity contribution in [1.29, 1.82) is 0 Å². The highest BCUT2D eigenvalue weighted by atomic mass is 35.5. The molecule has 0 saturated heterocycles. The zero-order valence-corrected chi connectivity index (χ0v) is 17.9. The Hall–Kier alpha value is -3.84. The van der Waals surface area contributed by atoms with Gasteiger partial charge in [0, 0.05) is 11.1 Å². The molecule has 3 aromatic carbocycles. The zero-order chi connectivity index (χ0) is 22.8. The van der Waals surface area contributed by atoms with Crippen LogP contribution >= 0.6 is 11.6 Å². The molecule has 3 aromatic rings. The van der Waals surface area contributed by atoms with Gasteiger partial charge in [0.1, 0.15) is 23.0 Å². The fourth-order valence-corrected chi connectivity index (χ4v) is 3.55. The minimum Gasteiger partial charge on any atom is -0.497 e. The van der Waals surface area contributed by atoms with Crippen molar-refractivity contribution in [2.75, 3.05) is 24.4 Å². The fourth-order valence-electron chi connectivity index (χ4n) is 3.43. The first-order valence-electron chi connectivity index (χ1n) is 9.56. The largest absolute Gasteiger partial charge is 0.497 e. The summed E-state index contributed by atoms with van der Waals surface area (Å²) in [7, 11) is 3.00. The number of rotatable bonds is 6. The molecule has 1 heterocycles. The lowest BCUT2D eigenvalue weighted by Gasteiger charge is -2.16. The van der Waals surface area contributed by atoms with Gasteiger partial charge in [0.25, 0.3) is 11.8 Å². The van der Waals surface area contributed by atoms with Crippen LogP contribution in [0.3, 0.4) is 0 Å². The average Bonchev–Trinajstić information content (AvgIpc) is 3.03. The smallest absolute Gasteiger partial charge is 0.282 e. The molecule has 0 unspecified atom stereocenters. The Morgan fingerprint density at radius 3 is 2.31 bits per heavy atom. The molecule has 1 aliphatic rings. The van der Waals surface area contributed by atoms with E-state index in [2.05, 4.69) is 5.32 Å². The summed E-state index contributed by atoms with van der Waals surface area (Å²) in [5.41, 5.74) is 1.18. The predicted molar refractivity (Wildman–Crippen MR) is 120 cm³/mol. The van der Waals surface area contributed by atoms with Gasteiger partial charge in [-0.1, -0.05) is 29.8 Å². The second-order valence-corrected chi connectivity index (χ2v) is 7.31. The molecule has 2 amide bonds. The number of carbonyl (C=O) groups is 2. The molecule has 0 saturated carbocycles. The SMILES string of the molecule is COc1ccc(OC)c(NC2=C(c3ccc(Cl)cc3)C(=O)N(c3cccc(F)c3)C2=O)c1. The molecule has 1 N–H and O–H groups in total. The Bertz CT molecular complexity index is 1240. The Balaban J connectivity index is 1.86. The van der Waals surface area contributed by atoms with E-state index in [9.17, 15) is 14.0 Å². The van der Waals surface area contributed by atoms with E-state index in [1.165, 1.54) is 32.4 Å². The third kappa shape index (κ3) is 3.90. The van der Waals surface area contributed by atoms with Crippen molar-refractivity contribution in [1.82, 2.24) is 0 Å². The molecule has 0 radical (unpaired) electrons. The lowest BCUT2D eigenvalue weighted by atomic mass is 10.0. The van der Waals surface area contributed by atoms with Crippen LogP contribution in [0.1, 0.15) is 5.56 Å². The van der Waals surface area contributed by atoms with E-state index in [0.717, 1.165) is 11.0 Å². The van der Waals surface area contributed by atoms with E-state index >= 15 is 0 Å². The maximum atomic E-state index is 13.8. The van der Waals surface area contributed by atoms with Gasteiger partial charge in [-0.2, -0.15) is 0 Å². The number of amides is 2. The number of carbonyl (C=O) groups excluding carboxylic acids is 2.